The van der Waals surface area contributed by atoms with Gasteiger partial charge in [-0.3, -0.25) is 15.0 Å². The Bertz CT molecular complexity index is 1020. The lowest BCUT2D eigenvalue weighted by molar-refractivity contribution is -0.384. The van der Waals surface area contributed by atoms with E-state index in [2.05, 4.69) is 20.3 Å². The van der Waals surface area contributed by atoms with E-state index in [0.29, 0.717) is 23.6 Å². The van der Waals surface area contributed by atoms with Crippen LogP contribution in [-0.2, 0) is 6.54 Å². The van der Waals surface area contributed by atoms with Crippen LogP contribution in [0.2, 0.25) is 0 Å². The van der Waals surface area contributed by atoms with Crippen molar-refractivity contribution in [3.63, 3.8) is 0 Å². The monoisotopic (exact) mass is 425 g/mol. The summed E-state index contributed by atoms with van der Waals surface area (Å²) in [6, 6.07) is 14.9. The van der Waals surface area contributed by atoms with Gasteiger partial charge in [-0.15, -0.1) is 0 Å². The molecule has 0 saturated carbocycles. The highest BCUT2D eigenvalue weighted by Gasteiger charge is 2.18. The third kappa shape index (κ3) is 5.25. The van der Waals surface area contributed by atoms with E-state index in [1.165, 1.54) is 18.2 Å². The molecule has 1 fully saturated rings. The summed E-state index contributed by atoms with van der Waals surface area (Å²) >= 11 is 0. The number of aromatic nitrogens is 1. The molecule has 31 heavy (non-hydrogen) atoms. The maximum Gasteiger partial charge on any atom is 0.278 e. The lowest BCUT2D eigenvalue weighted by atomic mass is 10.1. The SMILES string of the molecule is O=[N+]([O-])c1ccccc1-c1cc(CNCCN2CCN(c3ccc(F)cc3)CC2)on1. The van der Waals surface area contributed by atoms with Crippen LogP contribution < -0.4 is 10.2 Å². The van der Waals surface area contributed by atoms with Gasteiger partial charge in [-0.25, -0.2) is 4.39 Å². The quantitative estimate of drug-likeness (QED) is 0.337. The molecular weight excluding hydrogens is 401 g/mol. The zero-order valence-electron chi connectivity index (χ0n) is 17.0. The fraction of sp³-hybridized carbons (Fsp3) is 0.318. The first-order valence-corrected chi connectivity index (χ1v) is 10.2. The highest BCUT2D eigenvalue weighted by molar-refractivity contribution is 5.70. The molecule has 0 spiro atoms. The number of halogens is 1. The van der Waals surface area contributed by atoms with E-state index >= 15 is 0 Å². The normalized spacial score (nSPS) is 14.7. The van der Waals surface area contributed by atoms with E-state index in [1.54, 1.807) is 24.3 Å². The molecule has 2 heterocycles. The first-order valence-electron chi connectivity index (χ1n) is 10.2. The molecule has 0 radical (unpaired) electrons. The minimum atomic E-state index is -0.419. The van der Waals surface area contributed by atoms with Gasteiger partial charge in [-0.1, -0.05) is 17.3 Å². The van der Waals surface area contributed by atoms with Crippen molar-refractivity contribution in [2.24, 2.45) is 0 Å². The second-order valence-electron chi connectivity index (χ2n) is 7.43. The van der Waals surface area contributed by atoms with Gasteiger partial charge in [-0.2, -0.15) is 0 Å². The second kappa shape index (κ2) is 9.67. The average Bonchev–Trinajstić information content (AvgIpc) is 3.26. The van der Waals surface area contributed by atoms with Crippen LogP contribution in [0.1, 0.15) is 5.76 Å². The number of rotatable bonds is 8. The van der Waals surface area contributed by atoms with Gasteiger partial charge < -0.3 is 14.7 Å². The molecule has 0 bridgehead atoms. The lowest BCUT2D eigenvalue weighted by Gasteiger charge is -2.36. The van der Waals surface area contributed by atoms with Crippen LogP contribution in [0.25, 0.3) is 11.3 Å². The Morgan fingerprint density at radius 1 is 1.10 bits per heavy atom. The van der Waals surface area contributed by atoms with Gasteiger partial charge in [0, 0.05) is 57.1 Å². The molecule has 0 atom stereocenters. The highest BCUT2D eigenvalue weighted by atomic mass is 19.1. The predicted molar refractivity (Wildman–Crippen MR) is 115 cm³/mol. The number of benzene rings is 2. The zero-order chi connectivity index (χ0) is 21.6. The summed E-state index contributed by atoms with van der Waals surface area (Å²) in [6.07, 6.45) is 0. The molecule has 1 N–H and O–H groups in total. The number of nitro groups is 1. The maximum atomic E-state index is 13.1. The van der Waals surface area contributed by atoms with Crippen LogP contribution in [0, 0.1) is 15.9 Å². The molecular formula is C22H24FN5O3. The van der Waals surface area contributed by atoms with Crippen LogP contribution in [0.3, 0.4) is 0 Å². The predicted octanol–water partition coefficient (Wildman–Crippen LogP) is 3.30. The molecule has 3 aromatic rings. The Morgan fingerprint density at radius 2 is 1.84 bits per heavy atom. The molecule has 0 aliphatic carbocycles. The topological polar surface area (TPSA) is 87.7 Å². The van der Waals surface area contributed by atoms with Crippen molar-refractivity contribution in [2.75, 3.05) is 44.2 Å². The number of hydrogen-bond donors (Lipinski definition) is 1. The summed E-state index contributed by atoms with van der Waals surface area (Å²) in [5.41, 5.74) is 1.97. The number of nitro benzene ring substituents is 1. The van der Waals surface area contributed by atoms with E-state index < -0.39 is 4.92 Å². The fourth-order valence-corrected chi connectivity index (χ4v) is 3.70. The van der Waals surface area contributed by atoms with Crippen LogP contribution in [0.5, 0.6) is 0 Å². The van der Waals surface area contributed by atoms with Gasteiger partial charge in [0.2, 0.25) is 0 Å². The number of nitrogens with zero attached hydrogens (tertiary/aromatic N) is 4. The molecule has 1 aromatic heterocycles. The summed E-state index contributed by atoms with van der Waals surface area (Å²) in [5, 5.41) is 18.5. The number of para-hydroxylation sites is 1. The largest absolute Gasteiger partial charge is 0.369 e. The molecule has 8 nitrogen and oxygen atoms in total. The Morgan fingerprint density at radius 3 is 2.58 bits per heavy atom. The van der Waals surface area contributed by atoms with E-state index in [-0.39, 0.29) is 11.5 Å². The molecule has 0 amide bonds. The molecule has 2 aromatic carbocycles. The van der Waals surface area contributed by atoms with Crippen LogP contribution in [-0.4, -0.2) is 54.2 Å². The minimum Gasteiger partial charge on any atom is -0.369 e. The van der Waals surface area contributed by atoms with Gasteiger partial charge >= 0.3 is 0 Å². The van der Waals surface area contributed by atoms with Gasteiger partial charge in [0.05, 0.1) is 17.0 Å². The number of nitrogens with one attached hydrogen (secondary N) is 1. The zero-order valence-corrected chi connectivity index (χ0v) is 17.0. The van der Waals surface area contributed by atoms with E-state index in [0.717, 1.165) is 45.0 Å². The van der Waals surface area contributed by atoms with Crippen LogP contribution >= 0.6 is 0 Å². The third-order valence-corrected chi connectivity index (χ3v) is 5.40. The average molecular weight is 425 g/mol. The van der Waals surface area contributed by atoms with Gasteiger partial charge in [-0.05, 0) is 30.3 Å². The fourth-order valence-electron chi connectivity index (χ4n) is 3.70. The minimum absolute atomic E-state index is 0.00934. The smallest absolute Gasteiger partial charge is 0.278 e. The van der Waals surface area contributed by atoms with Gasteiger partial charge in [0.1, 0.15) is 11.5 Å². The van der Waals surface area contributed by atoms with Crippen molar-refractivity contribution >= 4 is 11.4 Å². The molecule has 4 rings (SSSR count). The van der Waals surface area contributed by atoms with E-state index in [1.807, 2.05) is 12.1 Å². The van der Waals surface area contributed by atoms with Crippen LogP contribution in [0.15, 0.2) is 59.1 Å². The van der Waals surface area contributed by atoms with Gasteiger partial charge in [0.25, 0.3) is 5.69 Å². The summed E-state index contributed by atoms with van der Waals surface area (Å²) in [6.45, 7) is 5.91. The number of hydrogen-bond acceptors (Lipinski definition) is 7. The molecule has 1 saturated heterocycles. The molecule has 1 aliphatic rings. The molecule has 0 unspecified atom stereocenters. The first kappa shape index (κ1) is 21.0. The van der Waals surface area contributed by atoms with Crippen molar-refractivity contribution < 1.29 is 13.8 Å². The number of piperazine rings is 1. The second-order valence-corrected chi connectivity index (χ2v) is 7.43. The van der Waals surface area contributed by atoms with E-state index in [4.69, 9.17) is 4.52 Å². The summed E-state index contributed by atoms with van der Waals surface area (Å²) in [7, 11) is 0. The van der Waals surface area contributed by atoms with Crippen molar-refractivity contribution in [1.82, 2.24) is 15.4 Å². The van der Waals surface area contributed by atoms with Crippen molar-refractivity contribution in [1.29, 1.82) is 0 Å². The van der Waals surface area contributed by atoms with Crippen molar-refractivity contribution in [3.05, 3.63) is 76.3 Å². The maximum absolute atomic E-state index is 13.1. The van der Waals surface area contributed by atoms with Crippen molar-refractivity contribution in [2.45, 2.75) is 6.54 Å². The first-order chi connectivity index (χ1) is 15.1. The highest BCUT2D eigenvalue weighted by Crippen LogP contribution is 2.28. The Balaban J connectivity index is 1.21. The molecule has 1 aliphatic heterocycles. The third-order valence-electron chi connectivity index (χ3n) is 5.40. The summed E-state index contributed by atoms with van der Waals surface area (Å²) < 4.78 is 18.4. The Hall–Kier alpha value is -3.30. The standard InChI is InChI=1S/C22H24FN5O3/c23-17-5-7-18(8-6-17)27-13-11-26(12-14-27)10-9-24-16-19-15-21(25-31-19)20-3-1-2-4-22(20)28(29)30/h1-8,15,24H,9-14,16H2. The molecule has 162 valence electrons. The number of anilines is 1. The van der Waals surface area contributed by atoms with Crippen molar-refractivity contribution in [3.8, 4) is 11.3 Å². The Labute approximate surface area is 179 Å². The van der Waals surface area contributed by atoms with Gasteiger partial charge in [0.15, 0.2) is 5.76 Å². The van der Waals surface area contributed by atoms with Crippen LogP contribution in [0.4, 0.5) is 15.8 Å². The summed E-state index contributed by atoms with van der Waals surface area (Å²) in [5.74, 6) is 0.420. The summed E-state index contributed by atoms with van der Waals surface area (Å²) in [4.78, 5) is 15.4. The molecule has 9 heteroatoms. The lowest BCUT2D eigenvalue weighted by Crippen LogP contribution is -2.48. The van der Waals surface area contributed by atoms with E-state index in [9.17, 15) is 14.5 Å². The Kier molecular flexibility index (Phi) is 6.54.